The molecular weight excluding hydrogens is 440 g/mol. The molecule has 4 aromatic rings. The Kier molecular flexibility index (Phi) is 4.71. The summed E-state index contributed by atoms with van der Waals surface area (Å²) in [5.74, 6) is 1.46. The largest absolute Gasteiger partial charge is 0.368 e. The van der Waals surface area contributed by atoms with E-state index in [9.17, 15) is 9.00 Å². The van der Waals surface area contributed by atoms with Crippen LogP contribution in [0.2, 0.25) is 5.02 Å². The molecule has 1 unspecified atom stereocenters. The molecule has 1 aliphatic heterocycles. The number of nitrogen functional groups attached to an aromatic ring is 1. The minimum absolute atomic E-state index is 0.0811. The molecule has 0 amide bonds. The van der Waals surface area contributed by atoms with Gasteiger partial charge < -0.3 is 10.6 Å². The van der Waals surface area contributed by atoms with Gasteiger partial charge in [0.2, 0.25) is 5.95 Å². The minimum atomic E-state index is -1.32. The summed E-state index contributed by atoms with van der Waals surface area (Å²) >= 11 is 6.25. The second-order valence-corrected chi connectivity index (χ2v) is 8.77. The number of pyridine rings is 1. The van der Waals surface area contributed by atoms with Crippen LogP contribution in [0, 0.1) is 0 Å². The van der Waals surface area contributed by atoms with Gasteiger partial charge in [-0.2, -0.15) is 10.1 Å². The Bertz CT molecular complexity index is 1390. The summed E-state index contributed by atoms with van der Waals surface area (Å²) in [6.07, 6.45) is 6.99. The second-order valence-electron chi connectivity index (χ2n) is 7.01. The first-order valence-corrected chi connectivity index (χ1v) is 11.3. The zero-order chi connectivity index (χ0) is 21.7. The minimum Gasteiger partial charge on any atom is -0.368 e. The second kappa shape index (κ2) is 7.43. The normalized spacial score (nSPS) is 17.0. The molecule has 0 spiro atoms. The topological polar surface area (TPSA) is 124 Å². The zero-order valence-corrected chi connectivity index (χ0v) is 17.9. The highest BCUT2D eigenvalue weighted by molar-refractivity contribution is 7.84. The van der Waals surface area contributed by atoms with E-state index in [0.29, 0.717) is 40.3 Å². The van der Waals surface area contributed by atoms with Crippen molar-refractivity contribution in [1.29, 1.82) is 0 Å². The van der Waals surface area contributed by atoms with E-state index in [1.807, 2.05) is 4.90 Å². The third-order valence-electron chi connectivity index (χ3n) is 5.20. The van der Waals surface area contributed by atoms with Crippen molar-refractivity contribution in [3.05, 3.63) is 64.1 Å². The van der Waals surface area contributed by atoms with Gasteiger partial charge >= 0.3 is 0 Å². The van der Waals surface area contributed by atoms with Crippen LogP contribution in [0.1, 0.15) is 18.3 Å². The molecule has 2 atom stereocenters. The van der Waals surface area contributed by atoms with Crippen LogP contribution in [-0.2, 0) is 10.8 Å². The van der Waals surface area contributed by atoms with Crippen LogP contribution >= 0.6 is 11.6 Å². The van der Waals surface area contributed by atoms with Crippen LogP contribution in [0.4, 0.5) is 11.8 Å². The van der Waals surface area contributed by atoms with Gasteiger partial charge in [0, 0.05) is 25.2 Å². The molecule has 10 nitrogen and oxygen atoms in total. The molecule has 0 aromatic carbocycles. The summed E-state index contributed by atoms with van der Waals surface area (Å²) in [5, 5.41) is 5.00. The Morgan fingerprint density at radius 1 is 1.26 bits per heavy atom. The number of nitrogens with zero attached hydrogens (tertiary/aromatic N) is 7. The Hall–Kier alpha value is -3.31. The molecule has 12 heteroatoms. The molecule has 0 saturated carbocycles. The number of halogens is 1. The molecule has 1 saturated heterocycles. The van der Waals surface area contributed by atoms with E-state index in [0.717, 1.165) is 0 Å². The molecule has 4 aromatic heterocycles. The first-order chi connectivity index (χ1) is 15.0. The van der Waals surface area contributed by atoms with Crippen LogP contribution < -0.4 is 16.2 Å². The lowest BCUT2D eigenvalue weighted by molar-refractivity contribution is 0.419. The highest BCUT2D eigenvalue weighted by atomic mass is 35.5. The molecule has 5 heterocycles. The van der Waals surface area contributed by atoms with Gasteiger partial charge in [0.1, 0.15) is 11.3 Å². The van der Waals surface area contributed by atoms with Crippen molar-refractivity contribution in [2.24, 2.45) is 0 Å². The van der Waals surface area contributed by atoms with E-state index in [4.69, 9.17) is 22.4 Å². The number of anilines is 2. The number of rotatable bonds is 4. The highest BCUT2D eigenvalue weighted by Gasteiger charge is 2.37. The van der Waals surface area contributed by atoms with Crippen LogP contribution in [0.15, 0.2) is 52.5 Å². The van der Waals surface area contributed by atoms with Gasteiger partial charge in [0.15, 0.2) is 11.6 Å². The van der Waals surface area contributed by atoms with Crippen molar-refractivity contribution < 1.29 is 4.21 Å². The van der Waals surface area contributed by atoms with Crippen molar-refractivity contribution in [3.63, 3.8) is 0 Å². The number of hydrogen-bond acceptors (Lipinski definition) is 8. The lowest BCUT2D eigenvalue weighted by Gasteiger charge is -2.42. The van der Waals surface area contributed by atoms with Crippen molar-refractivity contribution >= 4 is 39.7 Å². The maximum absolute atomic E-state index is 13.4. The third-order valence-corrected chi connectivity index (χ3v) is 6.41. The Labute approximate surface area is 183 Å². The average Bonchev–Trinajstić information content (AvgIpc) is 3.09. The molecule has 0 bridgehead atoms. The van der Waals surface area contributed by atoms with Gasteiger partial charge in [-0.15, -0.1) is 0 Å². The SMILES string of the molecule is CS(=O)c1cnc(N)nc1N1CC[C@H]1c1nn2ccc(Cl)c2c(=O)n1-c1ccccn1. The smallest absolute Gasteiger partial charge is 0.285 e. The molecular formula is C19H17ClN8O2S. The summed E-state index contributed by atoms with van der Waals surface area (Å²) in [6, 6.07) is 6.62. The van der Waals surface area contributed by atoms with E-state index in [2.05, 4.69) is 15.0 Å². The zero-order valence-electron chi connectivity index (χ0n) is 16.3. The van der Waals surface area contributed by atoms with Gasteiger partial charge in [-0.05, 0) is 24.6 Å². The monoisotopic (exact) mass is 456 g/mol. The standard InChI is InChI=1S/C19H17ClN8O2S/c1-31(30)13-10-23-19(21)24-17(13)26-8-6-12(26)16-25-27-9-5-11(20)15(27)18(29)28(16)14-4-2-3-7-22-14/h2-5,7,9-10,12H,6,8H2,1H3,(H2,21,23,24)/t12-,31?/m0/s1. The molecule has 1 fully saturated rings. The predicted octanol–water partition coefficient (Wildman–Crippen LogP) is 1.59. The van der Waals surface area contributed by atoms with Crippen molar-refractivity contribution in [2.75, 3.05) is 23.4 Å². The number of hydrogen-bond donors (Lipinski definition) is 1. The van der Waals surface area contributed by atoms with Crippen LogP contribution in [0.3, 0.4) is 0 Å². The van der Waals surface area contributed by atoms with Gasteiger partial charge in [-0.1, -0.05) is 17.7 Å². The van der Waals surface area contributed by atoms with Crippen LogP contribution in [0.25, 0.3) is 11.3 Å². The lowest BCUT2D eigenvalue weighted by Crippen LogP contribution is -2.45. The fourth-order valence-corrected chi connectivity index (χ4v) is 4.51. The first kappa shape index (κ1) is 19.6. The molecule has 0 radical (unpaired) electrons. The summed E-state index contributed by atoms with van der Waals surface area (Å²) in [7, 11) is -1.32. The fourth-order valence-electron chi connectivity index (χ4n) is 3.66. The maximum Gasteiger partial charge on any atom is 0.285 e. The Balaban J connectivity index is 1.72. The third kappa shape index (κ3) is 3.17. The highest BCUT2D eigenvalue weighted by Crippen LogP contribution is 2.38. The van der Waals surface area contributed by atoms with Gasteiger partial charge in [0.05, 0.1) is 33.0 Å². The first-order valence-electron chi connectivity index (χ1n) is 9.39. The Morgan fingerprint density at radius 2 is 2.10 bits per heavy atom. The van der Waals surface area contributed by atoms with E-state index in [-0.39, 0.29) is 23.1 Å². The maximum atomic E-state index is 13.4. The predicted molar refractivity (Wildman–Crippen MR) is 117 cm³/mol. The van der Waals surface area contributed by atoms with Gasteiger partial charge in [0.25, 0.3) is 5.56 Å². The van der Waals surface area contributed by atoms with E-state index in [1.165, 1.54) is 15.3 Å². The quantitative estimate of drug-likeness (QED) is 0.491. The molecule has 31 heavy (non-hydrogen) atoms. The van der Waals surface area contributed by atoms with E-state index in [1.54, 1.807) is 42.9 Å². The van der Waals surface area contributed by atoms with Crippen LogP contribution in [0.5, 0.6) is 0 Å². The number of aromatic nitrogens is 6. The average molecular weight is 457 g/mol. The number of nitrogens with two attached hydrogens (primary N) is 1. The summed E-state index contributed by atoms with van der Waals surface area (Å²) in [6.45, 7) is 0.633. The summed E-state index contributed by atoms with van der Waals surface area (Å²) < 4.78 is 15.2. The Morgan fingerprint density at radius 3 is 2.77 bits per heavy atom. The molecule has 158 valence electrons. The molecule has 0 aliphatic carbocycles. The van der Waals surface area contributed by atoms with Crippen molar-refractivity contribution in [3.8, 4) is 5.82 Å². The number of fused-ring (bicyclic) bond motifs is 1. The van der Waals surface area contributed by atoms with Crippen molar-refractivity contribution in [1.82, 2.24) is 29.1 Å². The summed E-state index contributed by atoms with van der Waals surface area (Å²) in [4.78, 5) is 28.4. The van der Waals surface area contributed by atoms with Gasteiger partial charge in [-0.3, -0.25) is 9.00 Å². The van der Waals surface area contributed by atoms with Crippen LogP contribution in [-0.4, -0.2) is 46.1 Å². The van der Waals surface area contributed by atoms with Crippen molar-refractivity contribution in [2.45, 2.75) is 17.4 Å². The molecule has 5 rings (SSSR count). The molecule has 1 aliphatic rings. The van der Waals surface area contributed by atoms with Gasteiger partial charge in [-0.25, -0.2) is 19.1 Å². The lowest BCUT2D eigenvalue weighted by atomic mass is 10.0. The fraction of sp³-hybridized carbons (Fsp3) is 0.211. The summed E-state index contributed by atoms with van der Waals surface area (Å²) in [5.41, 5.74) is 5.74. The van der Waals surface area contributed by atoms with E-state index >= 15 is 0 Å². The van der Waals surface area contributed by atoms with E-state index < -0.39 is 10.8 Å². The molecule has 2 N–H and O–H groups in total.